The summed E-state index contributed by atoms with van der Waals surface area (Å²) in [4.78, 5) is 7.25. The van der Waals surface area contributed by atoms with Crippen molar-refractivity contribution in [1.29, 1.82) is 0 Å². The van der Waals surface area contributed by atoms with Crippen molar-refractivity contribution >= 4 is 0 Å². The van der Waals surface area contributed by atoms with Crippen LogP contribution in [-0.2, 0) is 7.05 Å². The highest BCUT2D eigenvalue weighted by molar-refractivity contribution is 5.55. The van der Waals surface area contributed by atoms with Gasteiger partial charge in [-0.2, -0.15) is 5.10 Å². The largest absolute Gasteiger partial charge is 0.342 e. The minimum Gasteiger partial charge on any atom is -0.342 e. The zero-order valence-corrected chi connectivity index (χ0v) is 7.07. The predicted molar refractivity (Wildman–Crippen MR) is 45.5 cm³/mol. The van der Waals surface area contributed by atoms with E-state index in [0.717, 1.165) is 17.1 Å². The molecule has 4 heteroatoms. The lowest BCUT2D eigenvalue weighted by molar-refractivity contribution is 0.768. The van der Waals surface area contributed by atoms with Crippen LogP contribution in [0.5, 0.6) is 0 Å². The number of hydrogen-bond donors (Lipinski definition) is 1. The second-order valence-corrected chi connectivity index (χ2v) is 2.78. The molecule has 2 heterocycles. The van der Waals surface area contributed by atoms with Gasteiger partial charge >= 0.3 is 0 Å². The Labute approximate surface area is 70.3 Å². The normalized spacial score (nSPS) is 10.5. The summed E-state index contributed by atoms with van der Waals surface area (Å²) in [5.74, 6) is 0.925. The van der Waals surface area contributed by atoms with Crippen LogP contribution in [0.25, 0.3) is 11.3 Å². The van der Waals surface area contributed by atoms with Crippen LogP contribution >= 0.6 is 0 Å². The van der Waals surface area contributed by atoms with E-state index in [2.05, 4.69) is 15.1 Å². The Morgan fingerprint density at radius 1 is 1.42 bits per heavy atom. The molecule has 0 aliphatic heterocycles. The zero-order chi connectivity index (χ0) is 8.55. The Hall–Kier alpha value is -1.58. The van der Waals surface area contributed by atoms with Gasteiger partial charge in [0.25, 0.3) is 0 Å². The topological polar surface area (TPSA) is 46.5 Å². The fourth-order valence-electron chi connectivity index (χ4n) is 1.13. The van der Waals surface area contributed by atoms with E-state index in [1.165, 1.54) is 0 Å². The van der Waals surface area contributed by atoms with Crippen molar-refractivity contribution in [3.05, 3.63) is 24.4 Å². The molecule has 4 nitrogen and oxygen atoms in total. The molecule has 0 spiro atoms. The van der Waals surface area contributed by atoms with Crippen molar-refractivity contribution in [2.45, 2.75) is 6.92 Å². The van der Waals surface area contributed by atoms with E-state index in [9.17, 15) is 0 Å². The smallest absolute Gasteiger partial charge is 0.103 e. The summed E-state index contributed by atoms with van der Waals surface area (Å²) >= 11 is 0. The van der Waals surface area contributed by atoms with E-state index in [0.29, 0.717) is 0 Å². The second kappa shape index (κ2) is 2.48. The van der Waals surface area contributed by atoms with Gasteiger partial charge in [0, 0.05) is 18.8 Å². The number of hydrogen-bond acceptors (Lipinski definition) is 2. The minimum absolute atomic E-state index is 0.925. The highest BCUT2D eigenvalue weighted by atomic mass is 15.2. The minimum atomic E-state index is 0.925. The Morgan fingerprint density at radius 3 is 2.75 bits per heavy atom. The molecule has 2 rings (SSSR count). The SMILES string of the molecule is Cc1ncc(-c2cnn(C)c2)[nH]1. The van der Waals surface area contributed by atoms with Crippen LogP contribution in [0.1, 0.15) is 5.82 Å². The van der Waals surface area contributed by atoms with Gasteiger partial charge in [0.2, 0.25) is 0 Å². The standard InChI is InChI=1S/C8H10N4/c1-6-9-4-8(11-6)7-3-10-12(2)5-7/h3-5H,1-2H3,(H,9,11). The van der Waals surface area contributed by atoms with Crippen LogP contribution in [0.4, 0.5) is 0 Å². The molecule has 62 valence electrons. The fraction of sp³-hybridized carbons (Fsp3) is 0.250. The number of aromatic amines is 1. The summed E-state index contributed by atoms with van der Waals surface area (Å²) in [6.07, 6.45) is 5.58. The molecular formula is C8H10N4. The van der Waals surface area contributed by atoms with Crippen molar-refractivity contribution in [2.24, 2.45) is 7.05 Å². The Kier molecular flexibility index (Phi) is 1.46. The summed E-state index contributed by atoms with van der Waals surface area (Å²) in [6, 6.07) is 0. The van der Waals surface area contributed by atoms with Crippen molar-refractivity contribution in [3.8, 4) is 11.3 Å². The molecule has 0 atom stereocenters. The molecule has 2 aromatic rings. The monoisotopic (exact) mass is 162 g/mol. The molecule has 0 aromatic carbocycles. The van der Waals surface area contributed by atoms with Crippen LogP contribution < -0.4 is 0 Å². The third-order valence-corrected chi connectivity index (χ3v) is 1.72. The van der Waals surface area contributed by atoms with E-state index in [1.54, 1.807) is 4.68 Å². The number of nitrogens with zero attached hydrogens (tertiary/aromatic N) is 3. The van der Waals surface area contributed by atoms with Gasteiger partial charge in [-0.1, -0.05) is 0 Å². The first kappa shape index (κ1) is 7.09. The number of H-pyrrole nitrogens is 1. The van der Waals surface area contributed by atoms with E-state index >= 15 is 0 Å². The van der Waals surface area contributed by atoms with Gasteiger partial charge in [-0.05, 0) is 6.92 Å². The average Bonchev–Trinajstić information content (AvgIpc) is 2.58. The molecule has 0 amide bonds. The fourth-order valence-corrected chi connectivity index (χ4v) is 1.13. The van der Waals surface area contributed by atoms with Crippen LogP contribution in [0, 0.1) is 6.92 Å². The predicted octanol–water partition coefficient (Wildman–Crippen LogP) is 1.12. The quantitative estimate of drug-likeness (QED) is 0.683. The van der Waals surface area contributed by atoms with Crippen molar-refractivity contribution in [1.82, 2.24) is 19.7 Å². The van der Waals surface area contributed by atoms with Gasteiger partial charge in [-0.25, -0.2) is 4.98 Å². The van der Waals surface area contributed by atoms with E-state index < -0.39 is 0 Å². The third kappa shape index (κ3) is 1.11. The molecular weight excluding hydrogens is 152 g/mol. The summed E-state index contributed by atoms with van der Waals surface area (Å²) in [5, 5.41) is 4.07. The van der Waals surface area contributed by atoms with Crippen LogP contribution in [0.15, 0.2) is 18.6 Å². The van der Waals surface area contributed by atoms with Gasteiger partial charge in [0.05, 0.1) is 18.1 Å². The van der Waals surface area contributed by atoms with Gasteiger partial charge in [0.1, 0.15) is 5.82 Å². The lowest BCUT2D eigenvalue weighted by atomic mass is 10.3. The number of rotatable bonds is 1. The molecule has 0 bridgehead atoms. The maximum absolute atomic E-state index is 4.11. The van der Waals surface area contributed by atoms with Crippen molar-refractivity contribution < 1.29 is 0 Å². The maximum Gasteiger partial charge on any atom is 0.103 e. The molecule has 0 aliphatic carbocycles. The highest BCUT2D eigenvalue weighted by Crippen LogP contribution is 2.14. The molecule has 1 N–H and O–H groups in total. The molecule has 0 saturated heterocycles. The van der Waals surface area contributed by atoms with E-state index in [4.69, 9.17) is 0 Å². The summed E-state index contributed by atoms with van der Waals surface area (Å²) in [6.45, 7) is 1.93. The highest BCUT2D eigenvalue weighted by Gasteiger charge is 2.01. The van der Waals surface area contributed by atoms with Gasteiger partial charge in [-0.15, -0.1) is 0 Å². The number of aromatic nitrogens is 4. The lowest BCUT2D eigenvalue weighted by Gasteiger charge is -1.87. The van der Waals surface area contributed by atoms with Crippen LogP contribution in [0.3, 0.4) is 0 Å². The summed E-state index contributed by atoms with van der Waals surface area (Å²) in [5.41, 5.74) is 2.08. The van der Waals surface area contributed by atoms with E-state index in [1.807, 2.05) is 32.6 Å². The average molecular weight is 162 g/mol. The van der Waals surface area contributed by atoms with Gasteiger partial charge in [0.15, 0.2) is 0 Å². The molecule has 2 aromatic heterocycles. The maximum atomic E-state index is 4.11. The van der Waals surface area contributed by atoms with Crippen LogP contribution in [-0.4, -0.2) is 19.7 Å². The number of nitrogens with one attached hydrogen (secondary N) is 1. The van der Waals surface area contributed by atoms with E-state index in [-0.39, 0.29) is 0 Å². The molecule has 0 unspecified atom stereocenters. The Balaban J connectivity index is 2.43. The molecule has 0 aliphatic rings. The Bertz CT molecular complexity index is 347. The van der Waals surface area contributed by atoms with Crippen LogP contribution in [0.2, 0.25) is 0 Å². The third-order valence-electron chi connectivity index (χ3n) is 1.72. The molecule has 0 radical (unpaired) electrons. The zero-order valence-electron chi connectivity index (χ0n) is 7.07. The number of imidazole rings is 1. The second-order valence-electron chi connectivity index (χ2n) is 2.78. The molecule has 12 heavy (non-hydrogen) atoms. The summed E-state index contributed by atoms with van der Waals surface area (Å²) < 4.78 is 1.77. The first-order valence-corrected chi connectivity index (χ1v) is 3.76. The van der Waals surface area contributed by atoms with Crippen molar-refractivity contribution in [3.63, 3.8) is 0 Å². The first-order valence-electron chi connectivity index (χ1n) is 3.76. The Morgan fingerprint density at radius 2 is 2.25 bits per heavy atom. The molecule has 0 saturated carbocycles. The number of aryl methyl sites for hydroxylation is 2. The molecule has 0 fully saturated rings. The van der Waals surface area contributed by atoms with Gasteiger partial charge < -0.3 is 4.98 Å². The summed E-state index contributed by atoms with van der Waals surface area (Å²) in [7, 11) is 1.90. The lowest BCUT2D eigenvalue weighted by Crippen LogP contribution is -1.84. The van der Waals surface area contributed by atoms with Crippen molar-refractivity contribution in [2.75, 3.05) is 0 Å². The first-order chi connectivity index (χ1) is 5.75. The van der Waals surface area contributed by atoms with Gasteiger partial charge in [-0.3, -0.25) is 4.68 Å².